The van der Waals surface area contributed by atoms with E-state index in [1.54, 1.807) is 0 Å². The Bertz CT molecular complexity index is 262. The number of hydrogen-bond donors (Lipinski definition) is 1. The smallest absolute Gasteiger partial charge is 0.0695 e. The van der Waals surface area contributed by atoms with Gasteiger partial charge in [0, 0.05) is 19.1 Å². The molecular weight excluding hydrogens is 222 g/mol. The van der Waals surface area contributed by atoms with Crippen molar-refractivity contribution in [3.8, 4) is 0 Å². The first kappa shape index (κ1) is 12.9. The summed E-state index contributed by atoms with van der Waals surface area (Å²) >= 11 is 0. The van der Waals surface area contributed by atoms with Crippen molar-refractivity contribution >= 4 is 0 Å². The minimum atomic E-state index is -0.0457. The number of nitrogens with zero attached hydrogens (tertiary/aromatic N) is 1. The minimum absolute atomic E-state index is 0.0457. The lowest BCUT2D eigenvalue weighted by atomic mass is 9.72. The maximum atomic E-state index is 10.3. The minimum Gasteiger partial charge on any atom is -0.391 e. The van der Waals surface area contributed by atoms with Gasteiger partial charge in [-0.15, -0.1) is 0 Å². The van der Waals surface area contributed by atoms with Crippen LogP contribution in [-0.4, -0.2) is 35.2 Å². The van der Waals surface area contributed by atoms with Gasteiger partial charge in [-0.25, -0.2) is 0 Å². The number of likely N-dealkylation sites (tertiary alicyclic amines) is 1. The number of aliphatic hydroxyl groups excluding tert-OH is 1. The molecule has 2 saturated carbocycles. The Morgan fingerprint density at radius 1 is 0.778 bits per heavy atom. The van der Waals surface area contributed by atoms with Gasteiger partial charge < -0.3 is 5.11 Å². The van der Waals surface area contributed by atoms with Crippen LogP contribution in [0.1, 0.15) is 70.6 Å². The van der Waals surface area contributed by atoms with E-state index in [1.807, 2.05) is 0 Å². The summed E-state index contributed by atoms with van der Waals surface area (Å²) in [5.74, 6) is 0. The molecule has 1 heterocycles. The molecule has 3 rings (SSSR count). The molecule has 1 N–H and O–H groups in total. The molecule has 0 aromatic rings. The Labute approximate surface area is 112 Å². The van der Waals surface area contributed by atoms with Crippen molar-refractivity contribution in [1.29, 1.82) is 0 Å². The second-order valence-corrected chi connectivity index (χ2v) is 7.09. The predicted molar refractivity (Wildman–Crippen MR) is 74.6 cm³/mol. The van der Waals surface area contributed by atoms with Crippen LogP contribution in [0.15, 0.2) is 0 Å². The van der Waals surface area contributed by atoms with Crippen LogP contribution in [0, 0.1) is 5.41 Å². The lowest BCUT2D eigenvalue weighted by Gasteiger charge is -2.54. The second-order valence-electron chi connectivity index (χ2n) is 7.09. The van der Waals surface area contributed by atoms with E-state index in [-0.39, 0.29) is 6.10 Å². The van der Waals surface area contributed by atoms with E-state index in [4.69, 9.17) is 0 Å². The highest BCUT2D eigenvalue weighted by atomic mass is 16.3. The van der Waals surface area contributed by atoms with Gasteiger partial charge in [-0.1, -0.05) is 44.9 Å². The number of hydrogen-bond acceptors (Lipinski definition) is 2. The summed E-state index contributed by atoms with van der Waals surface area (Å²) in [6, 6.07) is 0.487. The summed E-state index contributed by atoms with van der Waals surface area (Å²) in [5.41, 5.74) is 0.655. The monoisotopic (exact) mass is 251 g/mol. The van der Waals surface area contributed by atoms with Gasteiger partial charge >= 0.3 is 0 Å². The van der Waals surface area contributed by atoms with E-state index < -0.39 is 0 Å². The van der Waals surface area contributed by atoms with Crippen molar-refractivity contribution in [1.82, 2.24) is 4.90 Å². The molecule has 1 aliphatic heterocycles. The molecule has 1 spiro atoms. The van der Waals surface area contributed by atoms with Gasteiger partial charge in [0.05, 0.1) is 6.10 Å². The fourth-order valence-electron chi connectivity index (χ4n) is 4.54. The molecular formula is C16H29NO. The van der Waals surface area contributed by atoms with Gasteiger partial charge in [-0.3, -0.25) is 4.90 Å². The zero-order valence-corrected chi connectivity index (χ0v) is 11.7. The third-order valence-corrected chi connectivity index (χ3v) is 5.65. The Hall–Kier alpha value is -0.0800. The number of aliphatic hydroxyl groups is 1. The Balaban J connectivity index is 1.56. The molecule has 2 nitrogen and oxygen atoms in total. The van der Waals surface area contributed by atoms with Crippen LogP contribution in [0.25, 0.3) is 0 Å². The SMILES string of the molecule is OC1CCCCCC1N1CC2(CCCCCC2)C1. The van der Waals surface area contributed by atoms with Gasteiger partial charge in [-0.2, -0.15) is 0 Å². The second kappa shape index (κ2) is 5.50. The molecule has 2 atom stereocenters. The zero-order chi connectivity index (χ0) is 12.4. The van der Waals surface area contributed by atoms with E-state index >= 15 is 0 Å². The van der Waals surface area contributed by atoms with E-state index in [2.05, 4.69) is 4.90 Å². The first-order valence-corrected chi connectivity index (χ1v) is 8.21. The summed E-state index contributed by atoms with van der Waals surface area (Å²) < 4.78 is 0. The highest BCUT2D eigenvalue weighted by Gasteiger charge is 2.46. The third-order valence-electron chi connectivity index (χ3n) is 5.65. The molecule has 3 aliphatic rings. The standard InChI is InChI=1S/C16H29NO/c18-15-9-5-3-4-8-14(15)17-12-16(13-17)10-6-1-2-7-11-16/h14-15,18H,1-13H2. The van der Waals surface area contributed by atoms with Crippen LogP contribution in [-0.2, 0) is 0 Å². The lowest BCUT2D eigenvalue weighted by Crippen LogP contribution is -2.62. The molecule has 0 aromatic heterocycles. The normalized spacial score (nSPS) is 37.8. The maximum Gasteiger partial charge on any atom is 0.0695 e. The predicted octanol–water partition coefficient (Wildman–Crippen LogP) is 3.34. The average molecular weight is 251 g/mol. The molecule has 104 valence electrons. The van der Waals surface area contributed by atoms with Crippen molar-refractivity contribution < 1.29 is 5.11 Å². The molecule has 0 bridgehead atoms. The molecule has 0 aromatic carbocycles. The molecule has 3 fully saturated rings. The summed E-state index contributed by atoms with van der Waals surface area (Å²) in [7, 11) is 0. The first-order chi connectivity index (χ1) is 8.79. The Morgan fingerprint density at radius 2 is 1.39 bits per heavy atom. The lowest BCUT2D eigenvalue weighted by molar-refractivity contribution is -0.0783. The van der Waals surface area contributed by atoms with E-state index in [0.29, 0.717) is 11.5 Å². The molecule has 2 unspecified atom stereocenters. The highest BCUT2D eigenvalue weighted by molar-refractivity contribution is 4.99. The largest absolute Gasteiger partial charge is 0.391 e. The van der Waals surface area contributed by atoms with Crippen molar-refractivity contribution in [3.63, 3.8) is 0 Å². The van der Waals surface area contributed by atoms with E-state index in [0.717, 1.165) is 6.42 Å². The summed E-state index contributed by atoms with van der Waals surface area (Å²) in [4.78, 5) is 2.61. The third kappa shape index (κ3) is 2.60. The number of rotatable bonds is 1. The van der Waals surface area contributed by atoms with Crippen LogP contribution in [0.2, 0.25) is 0 Å². The molecule has 18 heavy (non-hydrogen) atoms. The summed E-state index contributed by atoms with van der Waals surface area (Å²) in [6.07, 6.45) is 14.8. The van der Waals surface area contributed by atoms with Gasteiger partial charge in [0.15, 0.2) is 0 Å². The molecule has 2 heteroatoms. The van der Waals surface area contributed by atoms with Crippen molar-refractivity contribution in [2.24, 2.45) is 5.41 Å². The van der Waals surface area contributed by atoms with Crippen LogP contribution < -0.4 is 0 Å². The summed E-state index contributed by atoms with van der Waals surface area (Å²) in [6.45, 7) is 2.57. The molecule has 0 amide bonds. The van der Waals surface area contributed by atoms with Gasteiger partial charge in [0.2, 0.25) is 0 Å². The Morgan fingerprint density at radius 3 is 2.11 bits per heavy atom. The topological polar surface area (TPSA) is 23.5 Å². The molecule has 2 aliphatic carbocycles. The highest BCUT2D eigenvalue weighted by Crippen LogP contribution is 2.44. The van der Waals surface area contributed by atoms with Gasteiger partial charge in [-0.05, 0) is 31.1 Å². The fraction of sp³-hybridized carbons (Fsp3) is 1.00. The molecule has 1 saturated heterocycles. The van der Waals surface area contributed by atoms with E-state index in [9.17, 15) is 5.11 Å². The van der Waals surface area contributed by atoms with Crippen molar-refractivity contribution in [2.75, 3.05) is 13.1 Å². The van der Waals surface area contributed by atoms with Gasteiger partial charge in [0.25, 0.3) is 0 Å². The van der Waals surface area contributed by atoms with Crippen LogP contribution in [0.3, 0.4) is 0 Å². The van der Waals surface area contributed by atoms with Crippen LogP contribution in [0.4, 0.5) is 0 Å². The van der Waals surface area contributed by atoms with Crippen LogP contribution in [0.5, 0.6) is 0 Å². The molecule has 0 radical (unpaired) electrons. The van der Waals surface area contributed by atoms with Crippen LogP contribution >= 0.6 is 0 Å². The quantitative estimate of drug-likeness (QED) is 0.723. The first-order valence-electron chi connectivity index (χ1n) is 8.21. The Kier molecular flexibility index (Phi) is 3.95. The van der Waals surface area contributed by atoms with Gasteiger partial charge in [0.1, 0.15) is 0 Å². The van der Waals surface area contributed by atoms with Crippen molar-refractivity contribution in [2.45, 2.75) is 82.8 Å². The fourth-order valence-corrected chi connectivity index (χ4v) is 4.54. The van der Waals surface area contributed by atoms with Crippen molar-refractivity contribution in [3.05, 3.63) is 0 Å². The van der Waals surface area contributed by atoms with E-state index in [1.165, 1.54) is 77.3 Å². The maximum absolute atomic E-state index is 10.3. The zero-order valence-electron chi connectivity index (χ0n) is 11.7. The average Bonchev–Trinajstić information content (AvgIpc) is 2.67. The summed E-state index contributed by atoms with van der Waals surface area (Å²) in [5, 5.41) is 10.3.